The lowest BCUT2D eigenvalue weighted by atomic mass is 10.2. The molecule has 142 valence electrons. The number of carbonyl (C=O) groups excluding carboxylic acids is 1. The van der Waals surface area contributed by atoms with Crippen molar-refractivity contribution < 1.29 is 14.1 Å². The molecule has 7 nitrogen and oxygen atoms in total. The Hall–Kier alpha value is -2.87. The van der Waals surface area contributed by atoms with Gasteiger partial charge in [-0.15, -0.1) is 0 Å². The first-order valence-electron chi connectivity index (χ1n) is 8.66. The molecule has 0 bridgehead atoms. The van der Waals surface area contributed by atoms with Crippen molar-refractivity contribution in [1.82, 2.24) is 5.16 Å². The van der Waals surface area contributed by atoms with Gasteiger partial charge in [0.15, 0.2) is 11.4 Å². The summed E-state index contributed by atoms with van der Waals surface area (Å²) in [7, 11) is 1.55. The number of thiol groups is 1. The fraction of sp³-hybridized carbons (Fsp3) is 0.263. The van der Waals surface area contributed by atoms with Crippen LogP contribution in [0, 0.1) is 0 Å². The monoisotopic (exact) mass is 386 g/mol. The topological polar surface area (TPSA) is 70.8 Å². The number of anilines is 3. The van der Waals surface area contributed by atoms with Crippen molar-refractivity contribution in [2.75, 3.05) is 34.7 Å². The van der Waals surface area contributed by atoms with Crippen LogP contribution in [0.1, 0.15) is 13.8 Å². The molecule has 1 N–H and O–H groups in total. The number of fused-ring (bicyclic) bond motifs is 1. The second-order valence-electron chi connectivity index (χ2n) is 5.80. The Balaban J connectivity index is 1.78. The summed E-state index contributed by atoms with van der Waals surface area (Å²) in [4.78, 5) is 14.8. The fourth-order valence-corrected chi connectivity index (χ4v) is 3.06. The molecule has 2 aromatic carbocycles. The van der Waals surface area contributed by atoms with Gasteiger partial charge in [0.05, 0.1) is 12.8 Å². The third kappa shape index (κ3) is 3.80. The molecule has 0 aliphatic rings. The number of benzene rings is 2. The first kappa shape index (κ1) is 18.9. The molecule has 27 heavy (non-hydrogen) atoms. The van der Waals surface area contributed by atoms with Crippen LogP contribution in [-0.2, 0) is 0 Å². The number of amides is 2. The molecule has 0 saturated heterocycles. The summed E-state index contributed by atoms with van der Waals surface area (Å²) in [5, 5.41) is 7.24. The summed E-state index contributed by atoms with van der Waals surface area (Å²) in [5.74, 6) is 0.851. The zero-order valence-electron chi connectivity index (χ0n) is 15.5. The molecule has 0 aliphatic carbocycles. The number of methoxy groups -OCH3 is 1. The fourth-order valence-electron chi connectivity index (χ4n) is 2.88. The third-order valence-electron chi connectivity index (χ3n) is 4.32. The summed E-state index contributed by atoms with van der Waals surface area (Å²) in [5.41, 5.74) is 2.27. The predicted octanol–water partition coefficient (Wildman–Crippen LogP) is 4.57. The van der Waals surface area contributed by atoms with E-state index in [4.69, 9.17) is 9.26 Å². The highest BCUT2D eigenvalue weighted by Crippen LogP contribution is 2.32. The lowest BCUT2D eigenvalue weighted by Gasteiger charge is -2.22. The highest BCUT2D eigenvalue weighted by molar-refractivity contribution is 7.82. The summed E-state index contributed by atoms with van der Waals surface area (Å²) < 4.78 is 11.8. The van der Waals surface area contributed by atoms with Gasteiger partial charge in [0, 0.05) is 18.8 Å². The van der Waals surface area contributed by atoms with E-state index in [1.807, 2.05) is 24.3 Å². The smallest absolute Gasteiger partial charge is 0.337 e. The Kier molecular flexibility index (Phi) is 5.75. The van der Waals surface area contributed by atoms with Gasteiger partial charge in [0.25, 0.3) is 0 Å². The first-order chi connectivity index (χ1) is 13.1. The van der Waals surface area contributed by atoms with Gasteiger partial charge in [-0.2, -0.15) is 0 Å². The zero-order chi connectivity index (χ0) is 19.4. The van der Waals surface area contributed by atoms with Crippen LogP contribution < -0.4 is 19.3 Å². The van der Waals surface area contributed by atoms with Crippen molar-refractivity contribution in [1.29, 1.82) is 0 Å². The van der Waals surface area contributed by atoms with Gasteiger partial charge in [0.2, 0.25) is 0 Å². The third-order valence-corrected chi connectivity index (χ3v) is 4.73. The number of aromatic nitrogens is 1. The molecule has 0 fully saturated rings. The summed E-state index contributed by atoms with van der Waals surface area (Å²) in [6.45, 7) is 6.04. The van der Waals surface area contributed by atoms with Gasteiger partial charge in [-0.3, -0.25) is 5.32 Å². The number of rotatable bonds is 6. The van der Waals surface area contributed by atoms with E-state index >= 15 is 0 Å². The highest BCUT2D eigenvalue weighted by atomic mass is 32.1. The molecule has 0 spiro atoms. The maximum Gasteiger partial charge on any atom is 0.337 e. The van der Waals surface area contributed by atoms with Crippen LogP contribution in [0.2, 0.25) is 0 Å². The van der Waals surface area contributed by atoms with Crippen LogP contribution in [0.5, 0.6) is 5.75 Å². The molecule has 0 unspecified atom stereocenters. The first-order valence-corrected chi connectivity index (χ1v) is 9.06. The molecule has 1 heterocycles. The van der Waals surface area contributed by atoms with Crippen LogP contribution in [0.3, 0.4) is 0 Å². The number of urea groups is 1. The lowest BCUT2D eigenvalue weighted by molar-refractivity contribution is 0.260. The van der Waals surface area contributed by atoms with E-state index in [0.717, 1.165) is 18.8 Å². The maximum atomic E-state index is 12.6. The summed E-state index contributed by atoms with van der Waals surface area (Å²) in [6, 6.07) is 12.5. The largest absolute Gasteiger partial charge is 0.496 e. The normalized spacial score (nSPS) is 10.7. The number of carbonyl (C=O) groups is 1. The number of ether oxygens (including phenoxy) is 1. The van der Waals surface area contributed by atoms with Crippen LogP contribution in [-0.4, -0.2) is 31.4 Å². The molecule has 2 amide bonds. The van der Waals surface area contributed by atoms with Crippen molar-refractivity contribution >= 4 is 47.0 Å². The van der Waals surface area contributed by atoms with E-state index in [-0.39, 0.29) is 5.82 Å². The molecule has 3 aromatic rings. The summed E-state index contributed by atoms with van der Waals surface area (Å²) in [6.07, 6.45) is 0. The van der Waals surface area contributed by atoms with Gasteiger partial charge in [-0.05, 0) is 50.2 Å². The highest BCUT2D eigenvalue weighted by Gasteiger charge is 2.19. The van der Waals surface area contributed by atoms with E-state index in [9.17, 15) is 4.79 Å². The number of hydrogen-bond donors (Lipinski definition) is 2. The number of nitrogens with zero attached hydrogens (tertiary/aromatic N) is 3. The van der Waals surface area contributed by atoms with E-state index < -0.39 is 6.03 Å². The van der Waals surface area contributed by atoms with Crippen LogP contribution in [0.15, 0.2) is 47.0 Å². The quantitative estimate of drug-likeness (QED) is 0.608. The molecule has 3 rings (SSSR count). The molecule has 0 aliphatic heterocycles. The number of hydrogen-bond acceptors (Lipinski definition) is 6. The van der Waals surface area contributed by atoms with Crippen LogP contribution >= 0.6 is 12.8 Å². The minimum atomic E-state index is -0.449. The van der Waals surface area contributed by atoms with Gasteiger partial charge in [0.1, 0.15) is 11.1 Å². The number of nitrogens with one attached hydrogen (secondary N) is 1. The Bertz CT molecular complexity index is 922. The Morgan fingerprint density at radius 2 is 1.81 bits per heavy atom. The van der Waals surface area contributed by atoms with Gasteiger partial charge in [-0.1, -0.05) is 24.0 Å². The zero-order valence-corrected chi connectivity index (χ0v) is 16.4. The van der Waals surface area contributed by atoms with E-state index in [2.05, 4.69) is 42.0 Å². The van der Waals surface area contributed by atoms with Crippen molar-refractivity contribution in [3.05, 3.63) is 42.5 Å². The average molecular weight is 386 g/mol. The average Bonchev–Trinajstić information content (AvgIpc) is 3.12. The lowest BCUT2D eigenvalue weighted by Crippen LogP contribution is -2.27. The van der Waals surface area contributed by atoms with Crippen molar-refractivity contribution in [2.24, 2.45) is 0 Å². The summed E-state index contributed by atoms with van der Waals surface area (Å²) >= 11 is 4.32. The second kappa shape index (κ2) is 8.22. The molecule has 8 heteroatoms. The molecule has 0 saturated carbocycles. The van der Waals surface area contributed by atoms with Gasteiger partial charge in [-0.25, -0.2) is 9.10 Å². The van der Waals surface area contributed by atoms with Crippen molar-refractivity contribution in [3.63, 3.8) is 0 Å². The van der Waals surface area contributed by atoms with Crippen molar-refractivity contribution in [2.45, 2.75) is 13.8 Å². The maximum absolute atomic E-state index is 12.6. The van der Waals surface area contributed by atoms with E-state index in [1.165, 1.54) is 4.31 Å². The van der Waals surface area contributed by atoms with Crippen LogP contribution in [0.4, 0.5) is 22.0 Å². The Morgan fingerprint density at radius 1 is 1.15 bits per heavy atom. The molecular formula is C19H22N4O3S. The van der Waals surface area contributed by atoms with Gasteiger partial charge >= 0.3 is 6.03 Å². The molecular weight excluding hydrogens is 364 g/mol. The minimum Gasteiger partial charge on any atom is -0.496 e. The standard InChI is InChI=1S/C19H22N4O3S/c1-4-22(5-2)13-9-11-14(12-10-13)23(27)19(24)20-18-17-15(25-3)7-6-8-16(17)26-21-18/h6-12,27H,4-5H2,1-3H3,(H,20,21,24). The van der Waals surface area contributed by atoms with Crippen molar-refractivity contribution in [3.8, 4) is 5.75 Å². The molecule has 1 aromatic heterocycles. The van der Waals surface area contributed by atoms with E-state index in [0.29, 0.717) is 22.4 Å². The SMILES string of the molecule is CCN(CC)c1ccc(N(S)C(=O)Nc2noc3cccc(OC)c23)cc1. The predicted molar refractivity (Wildman–Crippen MR) is 111 cm³/mol. The van der Waals surface area contributed by atoms with Gasteiger partial charge < -0.3 is 14.2 Å². The van der Waals surface area contributed by atoms with Crippen LogP contribution in [0.25, 0.3) is 11.0 Å². The van der Waals surface area contributed by atoms with E-state index in [1.54, 1.807) is 25.3 Å². The molecule has 0 radical (unpaired) electrons. The Labute approximate surface area is 163 Å². The Morgan fingerprint density at radius 3 is 2.44 bits per heavy atom. The minimum absolute atomic E-state index is 0.284. The second-order valence-corrected chi connectivity index (χ2v) is 6.20. The molecule has 0 atom stereocenters.